The lowest BCUT2D eigenvalue weighted by atomic mass is 10.1. The van der Waals surface area contributed by atoms with Crippen molar-refractivity contribution < 1.29 is 4.74 Å². The van der Waals surface area contributed by atoms with Gasteiger partial charge in [0.25, 0.3) is 0 Å². The Labute approximate surface area is 112 Å². The maximum Gasteiger partial charge on any atom is 0.154 e. The van der Waals surface area contributed by atoms with Crippen LogP contribution in [0.15, 0.2) is 29.0 Å². The fourth-order valence-corrected chi connectivity index (χ4v) is 3.40. The van der Waals surface area contributed by atoms with Gasteiger partial charge < -0.3 is 10.5 Å². The van der Waals surface area contributed by atoms with Crippen molar-refractivity contribution in [3.8, 4) is 26.8 Å². The van der Waals surface area contributed by atoms with Crippen LogP contribution in [0.4, 0.5) is 5.82 Å². The van der Waals surface area contributed by atoms with Gasteiger partial charge in [-0.3, -0.25) is 5.10 Å². The number of anilines is 1. The van der Waals surface area contributed by atoms with Crippen LogP contribution >= 0.6 is 22.7 Å². The fraction of sp³-hybridized carbons (Fsp3) is 0.0833. The zero-order valence-corrected chi connectivity index (χ0v) is 11.3. The van der Waals surface area contributed by atoms with Gasteiger partial charge in [0.2, 0.25) is 0 Å². The first kappa shape index (κ1) is 11.3. The number of aromatic nitrogens is 2. The van der Waals surface area contributed by atoms with E-state index in [1.165, 1.54) is 0 Å². The average Bonchev–Trinajstić information content (AvgIpc) is 3.07. The van der Waals surface area contributed by atoms with Gasteiger partial charge in [-0.2, -0.15) is 5.10 Å². The molecule has 4 nitrogen and oxygen atoms in total. The Hall–Kier alpha value is -1.79. The lowest BCUT2D eigenvalue weighted by molar-refractivity contribution is 0.417. The van der Waals surface area contributed by atoms with E-state index in [4.69, 9.17) is 10.5 Å². The highest BCUT2D eigenvalue weighted by Gasteiger charge is 2.17. The number of nitrogens with one attached hydrogen (secondary N) is 1. The lowest BCUT2D eigenvalue weighted by Gasteiger charge is -1.98. The van der Waals surface area contributed by atoms with Gasteiger partial charge in [-0.15, -0.1) is 22.7 Å². The Kier molecular flexibility index (Phi) is 2.81. The predicted molar refractivity (Wildman–Crippen MR) is 76.2 cm³/mol. The van der Waals surface area contributed by atoms with Gasteiger partial charge in [0.1, 0.15) is 5.75 Å². The summed E-state index contributed by atoms with van der Waals surface area (Å²) in [5.41, 5.74) is 7.86. The van der Waals surface area contributed by atoms with Crippen LogP contribution in [-0.2, 0) is 0 Å². The molecule has 0 aliphatic rings. The summed E-state index contributed by atoms with van der Waals surface area (Å²) in [5, 5.41) is 11.1. The minimum absolute atomic E-state index is 0.528. The van der Waals surface area contributed by atoms with Crippen LogP contribution in [0, 0.1) is 0 Å². The lowest BCUT2D eigenvalue weighted by Crippen LogP contribution is -1.86. The molecule has 0 spiro atoms. The number of rotatable bonds is 3. The Morgan fingerprint density at radius 1 is 1.33 bits per heavy atom. The highest BCUT2D eigenvalue weighted by atomic mass is 32.1. The topological polar surface area (TPSA) is 63.9 Å². The van der Waals surface area contributed by atoms with E-state index in [9.17, 15) is 0 Å². The van der Waals surface area contributed by atoms with Crippen LogP contribution in [-0.4, -0.2) is 17.3 Å². The standard InChI is InChI=1S/C12H11N3OS2/c1-16-7-5-9(18-6-7)11-10(12(13)15-14-11)8-3-2-4-17-8/h2-6H,1H3,(H3,13,14,15). The van der Waals surface area contributed by atoms with Crippen LogP contribution in [0.25, 0.3) is 21.0 Å². The number of aromatic amines is 1. The minimum Gasteiger partial charge on any atom is -0.496 e. The van der Waals surface area contributed by atoms with Crippen molar-refractivity contribution in [2.45, 2.75) is 0 Å². The van der Waals surface area contributed by atoms with Crippen molar-refractivity contribution in [1.29, 1.82) is 0 Å². The zero-order chi connectivity index (χ0) is 12.5. The molecule has 3 heterocycles. The second-order valence-corrected chi connectivity index (χ2v) is 5.55. The summed E-state index contributed by atoms with van der Waals surface area (Å²) in [7, 11) is 1.66. The molecule has 3 N–H and O–H groups in total. The SMILES string of the molecule is COc1csc(-c2[nH]nc(N)c2-c2cccs2)c1. The van der Waals surface area contributed by atoms with E-state index < -0.39 is 0 Å². The van der Waals surface area contributed by atoms with Crippen molar-refractivity contribution >= 4 is 28.5 Å². The third-order valence-electron chi connectivity index (χ3n) is 2.62. The molecule has 0 aliphatic carbocycles. The van der Waals surface area contributed by atoms with Gasteiger partial charge >= 0.3 is 0 Å². The molecule has 0 saturated carbocycles. The summed E-state index contributed by atoms with van der Waals surface area (Å²) in [4.78, 5) is 2.18. The molecule has 0 amide bonds. The maximum absolute atomic E-state index is 5.95. The number of ether oxygens (including phenoxy) is 1. The van der Waals surface area contributed by atoms with Gasteiger partial charge in [0.15, 0.2) is 5.82 Å². The van der Waals surface area contributed by atoms with Crippen molar-refractivity contribution in [2.75, 3.05) is 12.8 Å². The first-order valence-corrected chi connectivity index (χ1v) is 7.06. The highest BCUT2D eigenvalue weighted by molar-refractivity contribution is 7.14. The number of thiophene rings is 2. The van der Waals surface area contributed by atoms with Crippen molar-refractivity contribution in [3.63, 3.8) is 0 Å². The number of H-pyrrole nitrogens is 1. The molecule has 3 rings (SSSR count). The minimum atomic E-state index is 0.528. The van der Waals surface area contributed by atoms with E-state index in [-0.39, 0.29) is 0 Å². The fourth-order valence-electron chi connectivity index (χ4n) is 1.76. The van der Waals surface area contributed by atoms with Gasteiger partial charge in [0.05, 0.1) is 23.2 Å². The molecule has 0 unspecified atom stereocenters. The van der Waals surface area contributed by atoms with Crippen LogP contribution in [0.1, 0.15) is 0 Å². The summed E-state index contributed by atoms with van der Waals surface area (Å²) in [6.45, 7) is 0. The molecule has 3 aromatic rings. The monoisotopic (exact) mass is 277 g/mol. The molecule has 0 fully saturated rings. The smallest absolute Gasteiger partial charge is 0.154 e. The third kappa shape index (κ3) is 1.79. The summed E-state index contributed by atoms with van der Waals surface area (Å²) >= 11 is 3.25. The number of nitrogens with zero attached hydrogens (tertiary/aromatic N) is 1. The second-order valence-electron chi connectivity index (χ2n) is 3.69. The maximum atomic E-state index is 5.95. The summed E-state index contributed by atoms with van der Waals surface area (Å²) in [6.07, 6.45) is 0. The quantitative estimate of drug-likeness (QED) is 0.770. The van der Waals surface area contributed by atoms with Gasteiger partial charge in [-0.1, -0.05) is 6.07 Å². The molecular weight excluding hydrogens is 266 g/mol. The van der Waals surface area contributed by atoms with E-state index in [0.29, 0.717) is 5.82 Å². The second kappa shape index (κ2) is 4.47. The van der Waals surface area contributed by atoms with Gasteiger partial charge in [-0.25, -0.2) is 0 Å². The van der Waals surface area contributed by atoms with Crippen molar-refractivity contribution in [3.05, 3.63) is 29.0 Å². The summed E-state index contributed by atoms with van der Waals surface area (Å²) in [5.74, 6) is 1.38. The zero-order valence-electron chi connectivity index (χ0n) is 9.64. The molecule has 0 saturated heterocycles. The summed E-state index contributed by atoms with van der Waals surface area (Å²) in [6, 6.07) is 6.03. The van der Waals surface area contributed by atoms with Crippen LogP contribution in [0.5, 0.6) is 5.75 Å². The molecule has 0 atom stereocenters. The van der Waals surface area contributed by atoms with E-state index in [2.05, 4.69) is 10.2 Å². The van der Waals surface area contributed by atoms with Gasteiger partial charge in [-0.05, 0) is 11.4 Å². The molecule has 18 heavy (non-hydrogen) atoms. The molecule has 0 bridgehead atoms. The van der Waals surface area contributed by atoms with Gasteiger partial charge in [0, 0.05) is 16.3 Å². The number of nitrogen functional groups attached to an aromatic ring is 1. The molecule has 6 heteroatoms. The number of hydrogen-bond donors (Lipinski definition) is 2. The van der Waals surface area contributed by atoms with Crippen LogP contribution in [0.3, 0.4) is 0 Å². The average molecular weight is 277 g/mol. The van der Waals surface area contributed by atoms with E-state index in [1.807, 2.05) is 29.0 Å². The molecule has 0 aliphatic heterocycles. The number of hydrogen-bond acceptors (Lipinski definition) is 5. The largest absolute Gasteiger partial charge is 0.496 e. The molecular formula is C12H11N3OS2. The third-order valence-corrected chi connectivity index (χ3v) is 4.43. The normalized spacial score (nSPS) is 10.7. The molecule has 92 valence electrons. The van der Waals surface area contributed by atoms with E-state index in [1.54, 1.807) is 29.8 Å². The number of nitrogens with two attached hydrogens (primary N) is 1. The molecule has 3 aromatic heterocycles. The predicted octanol–water partition coefficient (Wildman–Crippen LogP) is 3.46. The van der Waals surface area contributed by atoms with Crippen molar-refractivity contribution in [2.24, 2.45) is 0 Å². The van der Waals surface area contributed by atoms with Crippen molar-refractivity contribution in [1.82, 2.24) is 10.2 Å². The Balaban J connectivity index is 2.13. The molecule has 0 radical (unpaired) electrons. The Morgan fingerprint density at radius 3 is 2.89 bits per heavy atom. The summed E-state index contributed by atoms with van der Waals surface area (Å²) < 4.78 is 5.20. The first-order chi connectivity index (χ1) is 8.79. The van der Waals surface area contributed by atoms with E-state index in [0.717, 1.165) is 26.8 Å². The Morgan fingerprint density at radius 2 is 2.22 bits per heavy atom. The first-order valence-electron chi connectivity index (χ1n) is 5.30. The highest BCUT2D eigenvalue weighted by Crippen LogP contribution is 2.40. The van der Waals surface area contributed by atoms with Crippen LogP contribution in [0.2, 0.25) is 0 Å². The Bertz CT molecular complexity index is 655. The number of methoxy groups -OCH3 is 1. The van der Waals surface area contributed by atoms with E-state index >= 15 is 0 Å². The molecule has 0 aromatic carbocycles. The van der Waals surface area contributed by atoms with Crippen LogP contribution < -0.4 is 10.5 Å².